The highest BCUT2D eigenvalue weighted by Gasteiger charge is 2.26. The van der Waals surface area contributed by atoms with Gasteiger partial charge in [-0.15, -0.1) is 0 Å². The Hall–Kier alpha value is -0.0800. The second-order valence-electron chi connectivity index (χ2n) is 6.85. The standard InChI is InChI=1S/C17H34N2/c1-4-15-6-8-17(9-7-15)18-14(3)16-10-12-19(5-2)13-11-16/h14-18H,4-13H2,1-3H3. The van der Waals surface area contributed by atoms with E-state index in [1.165, 1.54) is 64.6 Å². The number of rotatable bonds is 5. The lowest BCUT2D eigenvalue weighted by Gasteiger charge is -2.37. The Morgan fingerprint density at radius 2 is 1.63 bits per heavy atom. The van der Waals surface area contributed by atoms with Crippen LogP contribution in [0.3, 0.4) is 0 Å². The molecule has 2 fully saturated rings. The number of hydrogen-bond acceptors (Lipinski definition) is 2. The minimum absolute atomic E-state index is 0.724. The summed E-state index contributed by atoms with van der Waals surface area (Å²) >= 11 is 0. The third kappa shape index (κ3) is 4.46. The monoisotopic (exact) mass is 266 g/mol. The third-order valence-corrected chi connectivity index (χ3v) is 5.71. The molecule has 1 unspecified atom stereocenters. The average molecular weight is 266 g/mol. The van der Waals surface area contributed by atoms with Gasteiger partial charge in [0.2, 0.25) is 0 Å². The van der Waals surface area contributed by atoms with Crippen molar-refractivity contribution in [3.63, 3.8) is 0 Å². The highest BCUT2D eigenvalue weighted by Crippen LogP contribution is 2.28. The van der Waals surface area contributed by atoms with E-state index in [0.29, 0.717) is 0 Å². The van der Waals surface area contributed by atoms with Crippen molar-refractivity contribution in [2.75, 3.05) is 19.6 Å². The van der Waals surface area contributed by atoms with Crippen LogP contribution in [0.25, 0.3) is 0 Å². The Morgan fingerprint density at radius 3 is 2.16 bits per heavy atom. The number of hydrogen-bond donors (Lipinski definition) is 1. The molecule has 2 aliphatic rings. The predicted molar refractivity (Wildman–Crippen MR) is 83.5 cm³/mol. The molecule has 0 aromatic heterocycles. The number of piperidine rings is 1. The zero-order valence-corrected chi connectivity index (χ0v) is 13.3. The normalized spacial score (nSPS) is 32.4. The largest absolute Gasteiger partial charge is 0.311 e. The molecule has 0 amide bonds. The zero-order valence-electron chi connectivity index (χ0n) is 13.3. The van der Waals surface area contributed by atoms with E-state index >= 15 is 0 Å². The lowest BCUT2D eigenvalue weighted by molar-refractivity contribution is 0.156. The average Bonchev–Trinajstić information content (AvgIpc) is 2.48. The van der Waals surface area contributed by atoms with Crippen LogP contribution in [0.4, 0.5) is 0 Å². The second-order valence-corrected chi connectivity index (χ2v) is 6.85. The van der Waals surface area contributed by atoms with Gasteiger partial charge in [0.1, 0.15) is 0 Å². The van der Waals surface area contributed by atoms with Gasteiger partial charge in [-0.2, -0.15) is 0 Å². The molecule has 1 atom stereocenters. The summed E-state index contributed by atoms with van der Waals surface area (Å²) in [5.74, 6) is 1.92. The van der Waals surface area contributed by atoms with E-state index in [1.54, 1.807) is 0 Å². The molecule has 0 spiro atoms. The molecule has 1 aliphatic carbocycles. The molecule has 2 nitrogen and oxygen atoms in total. The fraction of sp³-hybridized carbons (Fsp3) is 1.00. The van der Waals surface area contributed by atoms with Crippen molar-refractivity contribution in [2.45, 2.75) is 77.8 Å². The van der Waals surface area contributed by atoms with Crippen molar-refractivity contribution in [1.29, 1.82) is 0 Å². The molecule has 112 valence electrons. The first-order valence-corrected chi connectivity index (χ1v) is 8.71. The Balaban J connectivity index is 1.68. The smallest absolute Gasteiger partial charge is 0.00705 e. The van der Waals surface area contributed by atoms with Crippen LogP contribution in [-0.4, -0.2) is 36.6 Å². The lowest BCUT2D eigenvalue weighted by Crippen LogP contribution is -2.46. The number of nitrogens with one attached hydrogen (secondary N) is 1. The maximum absolute atomic E-state index is 3.95. The molecule has 1 N–H and O–H groups in total. The molecule has 1 aliphatic heterocycles. The Labute approximate surface area is 120 Å². The van der Waals surface area contributed by atoms with Crippen LogP contribution >= 0.6 is 0 Å². The molecule has 0 radical (unpaired) electrons. The summed E-state index contributed by atoms with van der Waals surface area (Å²) in [6.45, 7) is 10.9. The zero-order chi connectivity index (χ0) is 13.7. The molecular formula is C17H34N2. The minimum atomic E-state index is 0.724. The molecule has 19 heavy (non-hydrogen) atoms. The van der Waals surface area contributed by atoms with Crippen molar-refractivity contribution in [2.24, 2.45) is 11.8 Å². The van der Waals surface area contributed by atoms with Gasteiger partial charge >= 0.3 is 0 Å². The van der Waals surface area contributed by atoms with Crippen molar-refractivity contribution in [3.8, 4) is 0 Å². The maximum Gasteiger partial charge on any atom is 0.00705 e. The molecule has 2 rings (SSSR count). The van der Waals surface area contributed by atoms with E-state index in [1.807, 2.05) is 0 Å². The van der Waals surface area contributed by atoms with Crippen LogP contribution < -0.4 is 5.32 Å². The topological polar surface area (TPSA) is 15.3 Å². The van der Waals surface area contributed by atoms with Gasteiger partial charge in [-0.1, -0.05) is 20.3 Å². The second kappa shape index (κ2) is 7.64. The molecular weight excluding hydrogens is 232 g/mol. The van der Waals surface area contributed by atoms with Gasteiger partial charge in [0, 0.05) is 12.1 Å². The molecule has 1 heterocycles. The van der Waals surface area contributed by atoms with Crippen LogP contribution in [0.5, 0.6) is 0 Å². The fourth-order valence-corrected chi connectivity index (χ4v) is 4.01. The Bertz CT molecular complexity index is 238. The fourth-order valence-electron chi connectivity index (χ4n) is 4.01. The first-order chi connectivity index (χ1) is 9.22. The van der Waals surface area contributed by atoms with Crippen LogP contribution in [-0.2, 0) is 0 Å². The Kier molecular flexibility index (Phi) is 6.15. The summed E-state index contributed by atoms with van der Waals surface area (Å²) in [4.78, 5) is 2.59. The molecule has 1 saturated heterocycles. The van der Waals surface area contributed by atoms with E-state index in [4.69, 9.17) is 0 Å². The van der Waals surface area contributed by atoms with Crippen LogP contribution in [0.15, 0.2) is 0 Å². The highest BCUT2D eigenvalue weighted by molar-refractivity contribution is 4.84. The van der Waals surface area contributed by atoms with E-state index in [2.05, 4.69) is 31.0 Å². The SMILES string of the molecule is CCC1CCC(NC(C)C2CCN(CC)CC2)CC1. The van der Waals surface area contributed by atoms with Gasteiger partial charge in [0.25, 0.3) is 0 Å². The summed E-state index contributed by atoms with van der Waals surface area (Å²) < 4.78 is 0. The summed E-state index contributed by atoms with van der Waals surface area (Å²) in [5, 5.41) is 3.95. The Morgan fingerprint density at radius 1 is 1.00 bits per heavy atom. The first kappa shape index (κ1) is 15.3. The van der Waals surface area contributed by atoms with Gasteiger partial charge in [0.05, 0.1) is 0 Å². The van der Waals surface area contributed by atoms with Crippen LogP contribution in [0.1, 0.15) is 65.7 Å². The summed E-state index contributed by atoms with van der Waals surface area (Å²) in [6, 6.07) is 1.53. The minimum Gasteiger partial charge on any atom is -0.311 e. The summed E-state index contributed by atoms with van der Waals surface area (Å²) in [5.41, 5.74) is 0. The van der Waals surface area contributed by atoms with E-state index < -0.39 is 0 Å². The number of nitrogens with zero attached hydrogens (tertiary/aromatic N) is 1. The van der Waals surface area contributed by atoms with Gasteiger partial charge in [-0.3, -0.25) is 0 Å². The van der Waals surface area contributed by atoms with Crippen LogP contribution in [0, 0.1) is 11.8 Å². The quantitative estimate of drug-likeness (QED) is 0.817. The lowest BCUT2D eigenvalue weighted by atomic mass is 9.83. The molecule has 1 saturated carbocycles. The van der Waals surface area contributed by atoms with Crippen LogP contribution in [0.2, 0.25) is 0 Å². The highest BCUT2D eigenvalue weighted by atomic mass is 15.1. The van der Waals surface area contributed by atoms with Gasteiger partial charge in [0.15, 0.2) is 0 Å². The summed E-state index contributed by atoms with van der Waals surface area (Å²) in [6.07, 6.45) is 9.91. The van der Waals surface area contributed by atoms with Crippen molar-refractivity contribution in [1.82, 2.24) is 10.2 Å². The van der Waals surface area contributed by atoms with Crippen molar-refractivity contribution in [3.05, 3.63) is 0 Å². The molecule has 0 aromatic rings. The third-order valence-electron chi connectivity index (χ3n) is 5.71. The molecule has 0 bridgehead atoms. The summed E-state index contributed by atoms with van der Waals surface area (Å²) in [7, 11) is 0. The van der Waals surface area contributed by atoms with Gasteiger partial charge in [-0.25, -0.2) is 0 Å². The molecule has 0 aromatic carbocycles. The van der Waals surface area contributed by atoms with Gasteiger partial charge < -0.3 is 10.2 Å². The first-order valence-electron chi connectivity index (χ1n) is 8.71. The van der Waals surface area contributed by atoms with Gasteiger partial charge in [-0.05, 0) is 76.9 Å². The maximum atomic E-state index is 3.95. The van der Waals surface area contributed by atoms with E-state index in [-0.39, 0.29) is 0 Å². The van der Waals surface area contributed by atoms with Crippen molar-refractivity contribution >= 4 is 0 Å². The van der Waals surface area contributed by atoms with E-state index in [9.17, 15) is 0 Å². The number of likely N-dealkylation sites (tertiary alicyclic amines) is 1. The predicted octanol–water partition coefficient (Wildman–Crippen LogP) is 3.67. The van der Waals surface area contributed by atoms with Crippen molar-refractivity contribution < 1.29 is 0 Å². The van der Waals surface area contributed by atoms with E-state index in [0.717, 1.165) is 23.9 Å². The molecule has 2 heteroatoms.